The fourth-order valence-corrected chi connectivity index (χ4v) is 1.35. The molecular formula is C9H19F3N2O. The first-order valence-corrected chi connectivity index (χ1v) is 5.05. The van der Waals surface area contributed by atoms with E-state index < -0.39 is 18.8 Å². The summed E-state index contributed by atoms with van der Waals surface area (Å²) in [5.41, 5.74) is 5.14. The van der Waals surface area contributed by atoms with Gasteiger partial charge in [-0.3, -0.25) is 4.90 Å². The maximum Gasteiger partial charge on any atom is 0.405 e. The number of ether oxygens (including phenoxy) is 1. The molecule has 0 aromatic rings. The van der Waals surface area contributed by atoms with Crippen LogP contribution in [-0.2, 0) is 4.74 Å². The van der Waals surface area contributed by atoms with Crippen molar-refractivity contribution in [3.05, 3.63) is 0 Å². The topological polar surface area (TPSA) is 38.5 Å². The molecule has 0 radical (unpaired) electrons. The Hall–Kier alpha value is -0.330. The maximum absolute atomic E-state index is 12.5. The molecule has 0 saturated carbocycles. The molecule has 0 aromatic carbocycles. The Bertz CT molecular complexity index is 164. The summed E-state index contributed by atoms with van der Waals surface area (Å²) in [6.07, 6.45) is -4.27. The number of rotatable bonds is 7. The van der Waals surface area contributed by atoms with E-state index >= 15 is 0 Å². The average Bonchev–Trinajstić information content (AvgIpc) is 2.14. The van der Waals surface area contributed by atoms with Crippen molar-refractivity contribution in [3.8, 4) is 0 Å². The number of nitrogens with two attached hydrogens (primary N) is 1. The molecule has 0 heterocycles. The van der Waals surface area contributed by atoms with Gasteiger partial charge in [0, 0.05) is 19.7 Å². The maximum atomic E-state index is 12.5. The summed E-state index contributed by atoms with van der Waals surface area (Å²) in [5.74, 6) is 0. The molecular weight excluding hydrogens is 209 g/mol. The minimum absolute atomic E-state index is 0.256. The summed E-state index contributed by atoms with van der Waals surface area (Å²) in [6.45, 7) is 4.46. The van der Waals surface area contributed by atoms with Crippen molar-refractivity contribution in [2.75, 3.05) is 32.8 Å². The van der Waals surface area contributed by atoms with Crippen LogP contribution in [0.25, 0.3) is 0 Å². The lowest BCUT2D eigenvalue weighted by Gasteiger charge is -2.31. The molecule has 0 bridgehead atoms. The summed E-state index contributed by atoms with van der Waals surface area (Å²) in [4.78, 5) is 1.29. The van der Waals surface area contributed by atoms with Gasteiger partial charge in [-0.2, -0.15) is 13.2 Å². The van der Waals surface area contributed by atoms with E-state index in [2.05, 4.69) is 0 Å². The second kappa shape index (κ2) is 7.03. The summed E-state index contributed by atoms with van der Waals surface area (Å²) in [7, 11) is 0. The van der Waals surface area contributed by atoms with Crippen molar-refractivity contribution in [2.45, 2.75) is 26.1 Å². The van der Waals surface area contributed by atoms with Crippen LogP contribution in [0.1, 0.15) is 13.8 Å². The molecule has 0 aliphatic carbocycles. The third kappa shape index (κ3) is 5.34. The normalized spacial score (nSPS) is 14.6. The van der Waals surface area contributed by atoms with Crippen LogP contribution in [0.5, 0.6) is 0 Å². The highest BCUT2D eigenvalue weighted by Gasteiger charge is 2.41. The minimum Gasteiger partial charge on any atom is -0.380 e. The highest BCUT2D eigenvalue weighted by molar-refractivity contribution is 4.78. The summed E-state index contributed by atoms with van der Waals surface area (Å²) < 4.78 is 42.5. The number of halogens is 3. The van der Waals surface area contributed by atoms with E-state index in [9.17, 15) is 13.2 Å². The molecule has 6 heteroatoms. The molecule has 1 unspecified atom stereocenters. The van der Waals surface area contributed by atoms with E-state index in [1.165, 1.54) is 4.90 Å². The Kier molecular flexibility index (Phi) is 6.87. The number of hydrogen-bond acceptors (Lipinski definition) is 3. The van der Waals surface area contributed by atoms with Crippen molar-refractivity contribution in [1.82, 2.24) is 4.90 Å². The molecule has 0 amide bonds. The lowest BCUT2D eigenvalue weighted by atomic mass is 10.2. The Labute approximate surface area is 88.4 Å². The van der Waals surface area contributed by atoms with Gasteiger partial charge in [0.25, 0.3) is 0 Å². The lowest BCUT2D eigenvalue weighted by Crippen LogP contribution is -2.51. The molecule has 0 aliphatic rings. The first-order chi connectivity index (χ1) is 6.97. The smallest absolute Gasteiger partial charge is 0.380 e. The fraction of sp³-hybridized carbons (Fsp3) is 1.00. The van der Waals surface area contributed by atoms with Crippen molar-refractivity contribution in [2.24, 2.45) is 5.73 Å². The third-order valence-corrected chi connectivity index (χ3v) is 2.18. The van der Waals surface area contributed by atoms with Gasteiger partial charge in [0.2, 0.25) is 0 Å². The van der Waals surface area contributed by atoms with Crippen LogP contribution in [0.4, 0.5) is 13.2 Å². The van der Waals surface area contributed by atoms with E-state index in [-0.39, 0.29) is 6.54 Å². The molecule has 0 aromatic heterocycles. The quantitative estimate of drug-likeness (QED) is 0.666. The molecule has 1 atom stereocenters. The van der Waals surface area contributed by atoms with E-state index in [0.29, 0.717) is 19.8 Å². The van der Waals surface area contributed by atoms with Crippen LogP contribution in [0, 0.1) is 0 Å². The summed E-state index contributed by atoms with van der Waals surface area (Å²) >= 11 is 0. The van der Waals surface area contributed by atoms with Gasteiger partial charge in [-0.05, 0) is 13.5 Å². The third-order valence-electron chi connectivity index (χ3n) is 2.18. The van der Waals surface area contributed by atoms with Gasteiger partial charge in [0.05, 0.1) is 6.61 Å². The van der Waals surface area contributed by atoms with Crippen LogP contribution in [-0.4, -0.2) is 50.0 Å². The Morgan fingerprint density at radius 1 is 1.33 bits per heavy atom. The largest absolute Gasteiger partial charge is 0.405 e. The number of likely N-dealkylation sites (N-methyl/N-ethyl adjacent to an activating group) is 1. The van der Waals surface area contributed by atoms with Gasteiger partial charge in [-0.25, -0.2) is 0 Å². The average molecular weight is 228 g/mol. The highest BCUT2D eigenvalue weighted by atomic mass is 19.4. The first-order valence-electron chi connectivity index (χ1n) is 5.05. The van der Waals surface area contributed by atoms with Crippen molar-refractivity contribution in [3.63, 3.8) is 0 Å². The number of hydrogen-bond donors (Lipinski definition) is 1. The Balaban J connectivity index is 4.22. The van der Waals surface area contributed by atoms with Gasteiger partial charge in [0.1, 0.15) is 6.04 Å². The van der Waals surface area contributed by atoms with Gasteiger partial charge >= 0.3 is 6.18 Å². The number of nitrogens with zero attached hydrogens (tertiary/aromatic N) is 1. The van der Waals surface area contributed by atoms with E-state index in [1.54, 1.807) is 13.8 Å². The molecule has 92 valence electrons. The monoisotopic (exact) mass is 228 g/mol. The van der Waals surface area contributed by atoms with Gasteiger partial charge in [0.15, 0.2) is 0 Å². The van der Waals surface area contributed by atoms with Gasteiger partial charge < -0.3 is 10.5 Å². The second-order valence-electron chi connectivity index (χ2n) is 3.12. The zero-order chi connectivity index (χ0) is 11.9. The fourth-order valence-electron chi connectivity index (χ4n) is 1.35. The molecule has 15 heavy (non-hydrogen) atoms. The SMILES string of the molecule is CCOCCN(CC)C(CN)C(F)(F)F. The summed E-state index contributed by atoms with van der Waals surface area (Å²) in [6, 6.07) is -1.57. The zero-order valence-corrected chi connectivity index (χ0v) is 9.18. The van der Waals surface area contributed by atoms with Crippen LogP contribution >= 0.6 is 0 Å². The molecule has 2 N–H and O–H groups in total. The predicted octanol–water partition coefficient (Wildman–Crippen LogP) is 1.23. The van der Waals surface area contributed by atoms with Crippen molar-refractivity contribution >= 4 is 0 Å². The molecule has 0 saturated heterocycles. The van der Waals surface area contributed by atoms with E-state index in [4.69, 9.17) is 10.5 Å². The minimum atomic E-state index is -4.27. The zero-order valence-electron chi connectivity index (χ0n) is 9.18. The molecule has 0 spiro atoms. The van der Waals surface area contributed by atoms with Gasteiger partial charge in [-0.15, -0.1) is 0 Å². The second-order valence-corrected chi connectivity index (χ2v) is 3.12. The van der Waals surface area contributed by atoms with Crippen LogP contribution in [0.2, 0.25) is 0 Å². The molecule has 0 aliphatic heterocycles. The van der Waals surface area contributed by atoms with Crippen LogP contribution in [0.3, 0.4) is 0 Å². The van der Waals surface area contributed by atoms with E-state index in [0.717, 1.165) is 0 Å². The molecule has 0 fully saturated rings. The van der Waals surface area contributed by atoms with Crippen molar-refractivity contribution in [1.29, 1.82) is 0 Å². The van der Waals surface area contributed by atoms with E-state index in [1.807, 2.05) is 0 Å². The van der Waals surface area contributed by atoms with Gasteiger partial charge in [-0.1, -0.05) is 6.92 Å². The van der Waals surface area contributed by atoms with Crippen LogP contribution < -0.4 is 5.73 Å². The summed E-state index contributed by atoms with van der Waals surface area (Å²) in [5, 5.41) is 0. The predicted molar refractivity (Wildman–Crippen MR) is 52.6 cm³/mol. The first kappa shape index (κ1) is 14.7. The number of alkyl halides is 3. The lowest BCUT2D eigenvalue weighted by molar-refractivity contribution is -0.181. The van der Waals surface area contributed by atoms with Crippen molar-refractivity contribution < 1.29 is 17.9 Å². The standard InChI is InChI=1S/C9H19F3N2O/c1-3-14(5-6-15-4-2)8(7-13)9(10,11)12/h8H,3-7,13H2,1-2H3. The Morgan fingerprint density at radius 2 is 1.93 bits per heavy atom. The Morgan fingerprint density at radius 3 is 2.27 bits per heavy atom. The molecule has 3 nitrogen and oxygen atoms in total. The highest BCUT2D eigenvalue weighted by Crippen LogP contribution is 2.23. The molecule has 0 rings (SSSR count). The van der Waals surface area contributed by atoms with Crippen LogP contribution in [0.15, 0.2) is 0 Å².